The number of carbonyl (C=O) groups excluding carboxylic acids is 1. The molecule has 3 N–H and O–H groups in total. The van der Waals surface area contributed by atoms with Gasteiger partial charge in [-0.05, 0) is 42.0 Å². The summed E-state index contributed by atoms with van der Waals surface area (Å²) in [6.45, 7) is 0.389. The van der Waals surface area contributed by atoms with Gasteiger partial charge >= 0.3 is 0 Å². The lowest BCUT2D eigenvalue weighted by Crippen LogP contribution is -2.22. The van der Waals surface area contributed by atoms with E-state index in [2.05, 4.69) is 5.32 Å². The molecule has 0 fully saturated rings. The Hall–Kier alpha value is -2.49. The molecule has 0 heterocycles. The summed E-state index contributed by atoms with van der Waals surface area (Å²) in [5.74, 6) is 0.122. The second-order valence-electron chi connectivity index (χ2n) is 3.90. The third-order valence-electron chi connectivity index (χ3n) is 2.52. The molecule has 0 aliphatic rings. The molecular weight excluding hydrogens is 230 g/mol. The Morgan fingerprint density at radius 1 is 0.889 bits per heavy atom. The van der Waals surface area contributed by atoms with E-state index in [1.807, 2.05) is 0 Å². The lowest BCUT2D eigenvalue weighted by atomic mass is 10.2. The maximum atomic E-state index is 11.8. The molecule has 0 aliphatic heterocycles. The molecule has 0 spiro atoms. The van der Waals surface area contributed by atoms with Crippen LogP contribution in [0.3, 0.4) is 0 Å². The maximum absolute atomic E-state index is 11.8. The Bertz CT molecular complexity index is 532. The first-order chi connectivity index (χ1) is 8.65. The van der Waals surface area contributed by atoms with Gasteiger partial charge in [-0.25, -0.2) is 0 Å². The van der Waals surface area contributed by atoms with Crippen molar-refractivity contribution in [1.82, 2.24) is 5.32 Å². The quantitative estimate of drug-likeness (QED) is 0.772. The van der Waals surface area contributed by atoms with Crippen molar-refractivity contribution in [3.63, 3.8) is 0 Å². The first-order valence-corrected chi connectivity index (χ1v) is 5.50. The molecule has 0 radical (unpaired) electrons. The molecule has 2 rings (SSSR count). The van der Waals surface area contributed by atoms with Gasteiger partial charge in [0.2, 0.25) is 0 Å². The number of benzene rings is 2. The smallest absolute Gasteiger partial charge is 0.251 e. The molecule has 0 saturated carbocycles. The Morgan fingerprint density at radius 3 is 1.94 bits per heavy atom. The number of amides is 1. The Balaban J connectivity index is 1.96. The van der Waals surface area contributed by atoms with Crippen LogP contribution in [-0.4, -0.2) is 16.1 Å². The van der Waals surface area contributed by atoms with Crippen molar-refractivity contribution in [2.45, 2.75) is 6.54 Å². The van der Waals surface area contributed by atoms with Crippen LogP contribution in [0.25, 0.3) is 0 Å². The van der Waals surface area contributed by atoms with Crippen LogP contribution < -0.4 is 5.32 Å². The van der Waals surface area contributed by atoms with Crippen molar-refractivity contribution in [2.24, 2.45) is 0 Å². The maximum Gasteiger partial charge on any atom is 0.251 e. The standard InChI is InChI=1S/C14H13NO3/c16-12-5-1-10(2-6-12)9-15-14(18)11-3-7-13(17)8-4-11/h1-8,16-17H,9H2,(H,15,18). The molecule has 18 heavy (non-hydrogen) atoms. The second kappa shape index (κ2) is 5.23. The summed E-state index contributed by atoms with van der Waals surface area (Å²) in [5.41, 5.74) is 1.39. The molecule has 2 aromatic carbocycles. The Kier molecular flexibility index (Phi) is 3.48. The normalized spacial score (nSPS) is 10.0. The summed E-state index contributed by atoms with van der Waals surface area (Å²) in [7, 11) is 0. The summed E-state index contributed by atoms with van der Waals surface area (Å²) in [4.78, 5) is 11.8. The van der Waals surface area contributed by atoms with Crippen LogP contribution in [0.1, 0.15) is 15.9 Å². The average molecular weight is 243 g/mol. The van der Waals surface area contributed by atoms with Gasteiger partial charge in [-0.3, -0.25) is 4.79 Å². The molecule has 2 aromatic rings. The lowest BCUT2D eigenvalue weighted by Gasteiger charge is -2.05. The lowest BCUT2D eigenvalue weighted by molar-refractivity contribution is 0.0951. The topological polar surface area (TPSA) is 69.6 Å². The minimum absolute atomic E-state index is 0.130. The molecule has 92 valence electrons. The van der Waals surface area contributed by atoms with Crippen molar-refractivity contribution < 1.29 is 15.0 Å². The first kappa shape index (κ1) is 12.0. The van der Waals surface area contributed by atoms with Crippen molar-refractivity contribution in [2.75, 3.05) is 0 Å². The van der Waals surface area contributed by atoms with Crippen LogP contribution in [-0.2, 0) is 6.54 Å². The van der Waals surface area contributed by atoms with E-state index in [9.17, 15) is 4.79 Å². The van der Waals surface area contributed by atoms with E-state index < -0.39 is 0 Å². The molecule has 0 bridgehead atoms. The summed E-state index contributed by atoms with van der Waals surface area (Å²) >= 11 is 0. The highest BCUT2D eigenvalue weighted by Crippen LogP contribution is 2.11. The van der Waals surface area contributed by atoms with E-state index >= 15 is 0 Å². The van der Waals surface area contributed by atoms with Crippen LogP contribution >= 0.6 is 0 Å². The molecule has 4 heteroatoms. The number of rotatable bonds is 3. The van der Waals surface area contributed by atoms with E-state index in [-0.39, 0.29) is 17.4 Å². The zero-order chi connectivity index (χ0) is 13.0. The zero-order valence-electron chi connectivity index (χ0n) is 9.63. The summed E-state index contributed by atoms with van der Waals surface area (Å²) in [5, 5.41) is 21.0. The number of hydrogen-bond donors (Lipinski definition) is 3. The Morgan fingerprint density at radius 2 is 1.39 bits per heavy atom. The number of hydrogen-bond acceptors (Lipinski definition) is 3. The molecule has 4 nitrogen and oxygen atoms in total. The van der Waals surface area contributed by atoms with E-state index in [4.69, 9.17) is 10.2 Å². The summed E-state index contributed by atoms with van der Waals surface area (Å²) < 4.78 is 0. The van der Waals surface area contributed by atoms with E-state index in [1.165, 1.54) is 12.1 Å². The zero-order valence-corrected chi connectivity index (χ0v) is 9.63. The van der Waals surface area contributed by atoms with Gasteiger partial charge in [0, 0.05) is 12.1 Å². The fourth-order valence-corrected chi connectivity index (χ4v) is 1.51. The Labute approximate surface area is 105 Å². The van der Waals surface area contributed by atoms with Crippen molar-refractivity contribution >= 4 is 5.91 Å². The SMILES string of the molecule is O=C(NCc1ccc(O)cc1)c1ccc(O)cc1. The number of nitrogens with one attached hydrogen (secondary N) is 1. The molecule has 0 unspecified atom stereocenters. The second-order valence-corrected chi connectivity index (χ2v) is 3.90. The molecule has 0 atom stereocenters. The van der Waals surface area contributed by atoms with Gasteiger partial charge in [0.1, 0.15) is 11.5 Å². The predicted octanol–water partition coefficient (Wildman–Crippen LogP) is 2.03. The monoisotopic (exact) mass is 243 g/mol. The molecule has 0 saturated heterocycles. The van der Waals surface area contributed by atoms with Gasteiger partial charge in [-0.2, -0.15) is 0 Å². The summed E-state index contributed by atoms with van der Waals surface area (Å²) in [6.07, 6.45) is 0. The number of aromatic hydroxyl groups is 2. The van der Waals surface area contributed by atoms with Crippen LogP contribution in [0.2, 0.25) is 0 Å². The van der Waals surface area contributed by atoms with Crippen molar-refractivity contribution in [3.05, 3.63) is 59.7 Å². The fourth-order valence-electron chi connectivity index (χ4n) is 1.51. The van der Waals surface area contributed by atoms with Crippen molar-refractivity contribution in [1.29, 1.82) is 0 Å². The van der Waals surface area contributed by atoms with E-state index in [0.717, 1.165) is 5.56 Å². The highest BCUT2D eigenvalue weighted by atomic mass is 16.3. The van der Waals surface area contributed by atoms with Crippen LogP contribution in [0.5, 0.6) is 11.5 Å². The van der Waals surface area contributed by atoms with Gasteiger partial charge in [0.25, 0.3) is 5.91 Å². The van der Waals surface area contributed by atoms with Gasteiger partial charge in [-0.15, -0.1) is 0 Å². The van der Waals surface area contributed by atoms with Crippen LogP contribution in [0.15, 0.2) is 48.5 Å². The van der Waals surface area contributed by atoms with Gasteiger partial charge in [-0.1, -0.05) is 12.1 Å². The molecule has 0 aliphatic carbocycles. The minimum atomic E-state index is -0.205. The number of phenols is 2. The fraction of sp³-hybridized carbons (Fsp3) is 0.0714. The number of carbonyl (C=O) groups is 1. The first-order valence-electron chi connectivity index (χ1n) is 5.50. The highest BCUT2D eigenvalue weighted by Gasteiger charge is 2.04. The van der Waals surface area contributed by atoms with Crippen molar-refractivity contribution in [3.8, 4) is 11.5 Å². The third kappa shape index (κ3) is 3.01. The van der Waals surface area contributed by atoms with Gasteiger partial charge < -0.3 is 15.5 Å². The van der Waals surface area contributed by atoms with Crippen LogP contribution in [0.4, 0.5) is 0 Å². The van der Waals surface area contributed by atoms with E-state index in [0.29, 0.717) is 12.1 Å². The molecule has 1 amide bonds. The average Bonchev–Trinajstić information content (AvgIpc) is 2.38. The number of phenolic OH excluding ortho intramolecular Hbond substituents is 2. The molecular formula is C14H13NO3. The highest BCUT2D eigenvalue weighted by molar-refractivity contribution is 5.94. The van der Waals surface area contributed by atoms with Crippen LogP contribution in [0, 0.1) is 0 Å². The molecule has 0 aromatic heterocycles. The van der Waals surface area contributed by atoms with E-state index in [1.54, 1.807) is 36.4 Å². The predicted molar refractivity (Wildman–Crippen MR) is 67.4 cm³/mol. The van der Waals surface area contributed by atoms with Gasteiger partial charge in [0.05, 0.1) is 0 Å². The van der Waals surface area contributed by atoms with Gasteiger partial charge in [0.15, 0.2) is 0 Å². The largest absolute Gasteiger partial charge is 0.508 e. The summed E-state index contributed by atoms with van der Waals surface area (Å²) in [6, 6.07) is 12.7. The third-order valence-corrected chi connectivity index (χ3v) is 2.52. The minimum Gasteiger partial charge on any atom is -0.508 e.